The summed E-state index contributed by atoms with van der Waals surface area (Å²) in [6.45, 7) is 3.13. The number of nitrogens with one attached hydrogen (secondary N) is 2. The summed E-state index contributed by atoms with van der Waals surface area (Å²) in [5, 5.41) is 5.44. The molecule has 0 aromatic carbocycles. The molecule has 0 rings (SSSR count). The summed E-state index contributed by atoms with van der Waals surface area (Å²) in [5.74, 6) is -0.337. The van der Waals surface area contributed by atoms with Crippen molar-refractivity contribution in [3.63, 3.8) is 0 Å². The zero-order valence-corrected chi connectivity index (χ0v) is 8.05. The van der Waals surface area contributed by atoms with Crippen molar-refractivity contribution < 1.29 is 14.3 Å². The maximum Gasteiger partial charge on any atom is 0.319 e. The van der Waals surface area contributed by atoms with Gasteiger partial charge in [-0.3, -0.25) is 9.59 Å². The van der Waals surface area contributed by atoms with Crippen LogP contribution in [0.2, 0.25) is 0 Å². The van der Waals surface area contributed by atoms with Crippen LogP contribution in [0.3, 0.4) is 0 Å². The van der Waals surface area contributed by atoms with Crippen LogP contribution in [0.5, 0.6) is 0 Å². The Morgan fingerprint density at radius 3 is 2.62 bits per heavy atom. The molecule has 0 saturated heterocycles. The SMILES string of the molecule is CCNC(=O)CCNCC(=O)OC. The Morgan fingerprint density at radius 1 is 1.38 bits per heavy atom. The van der Waals surface area contributed by atoms with E-state index in [1.54, 1.807) is 0 Å². The van der Waals surface area contributed by atoms with Gasteiger partial charge in [-0.2, -0.15) is 0 Å². The normalized spacial score (nSPS) is 9.38. The second kappa shape index (κ2) is 7.54. The predicted molar refractivity (Wildman–Crippen MR) is 48.2 cm³/mol. The molecule has 0 aliphatic carbocycles. The minimum absolute atomic E-state index is 0.0140. The smallest absolute Gasteiger partial charge is 0.319 e. The first-order chi connectivity index (χ1) is 6.20. The van der Waals surface area contributed by atoms with Crippen LogP contribution >= 0.6 is 0 Å². The third kappa shape index (κ3) is 7.27. The molecule has 0 fully saturated rings. The minimum atomic E-state index is -0.323. The third-order valence-corrected chi connectivity index (χ3v) is 1.40. The molecule has 0 aliphatic rings. The Bertz CT molecular complexity index is 171. The van der Waals surface area contributed by atoms with Crippen LogP contribution < -0.4 is 10.6 Å². The predicted octanol–water partition coefficient (Wildman–Crippen LogP) is -0.725. The molecule has 0 heterocycles. The molecule has 0 atom stereocenters. The van der Waals surface area contributed by atoms with E-state index in [0.29, 0.717) is 19.5 Å². The molecule has 2 N–H and O–H groups in total. The maximum atomic E-state index is 10.9. The number of esters is 1. The van der Waals surface area contributed by atoms with Gasteiger partial charge in [0.25, 0.3) is 0 Å². The van der Waals surface area contributed by atoms with Gasteiger partial charge in [0.05, 0.1) is 13.7 Å². The quantitative estimate of drug-likeness (QED) is 0.426. The highest BCUT2D eigenvalue weighted by molar-refractivity contribution is 5.76. The van der Waals surface area contributed by atoms with Crippen LogP contribution in [-0.2, 0) is 14.3 Å². The van der Waals surface area contributed by atoms with Gasteiger partial charge in [0, 0.05) is 19.5 Å². The average molecular weight is 188 g/mol. The standard InChI is InChI=1S/C8H16N2O3/c1-3-10-7(11)4-5-9-6-8(12)13-2/h9H,3-6H2,1-2H3,(H,10,11). The highest BCUT2D eigenvalue weighted by Crippen LogP contribution is 1.77. The monoisotopic (exact) mass is 188 g/mol. The molecule has 0 aliphatic heterocycles. The zero-order valence-electron chi connectivity index (χ0n) is 8.05. The largest absolute Gasteiger partial charge is 0.468 e. The third-order valence-electron chi connectivity index (χ3n) is 1.40. The van der Waals surface area contributed by atoms with Gasteiger partial charge in [-0.25, -0.2) is 0 Å². The van der Waals surface area contributed by atoms with Crippen molar-refractivity contribution in [1.82, 2.24) is 10.6 Å². The van der Waals surface area contributed by atoms with E-state index in [-0.39, 0.29) is 18.4 Å². The lowest BCUT2D eigenvalue weighted by Crippen LogP contribution is -2.30. The van der Waals surface area contributed by atoms with Crippen molar-refractivity contribution in [2.45, 2.75) is 13.3 Å². The molecule has 0 bridgehead atoms. The van der Waals surface area contributed by atoms with Crippen LogP contribution in [0.15, 0.2) is 0 Å². The molecular formula is C8H16N2O3. The molecule has 0 radical (unpaired) electrons. The fraction of sp³-hybridized carbons (Fsp3) is 0.750. The van der Waals surface area contributed by atoms with E-state index in [1.165, 1.54) is 7.11 Å². The molecule has 0 aromatic rings. The van der Waals surface area contributed by atoms with Crippen molar-refractivity contribution in [2.24, 2.45) is 0 Å². The van der Waals surface area contributed by atoms with Gasteiger partial charge in [-0.1, -0.05) is 0 Å². The van der Waals surface area contributed by atoms with Crippen molar-refractivity contribution in [3.8, 4) is 0 Å². The maximum absolute atomic E-state index is 10.9. The van der Waals surface area contributed by atoms with Crippen LogP contribution in [-0.4, -0.2) is 38.6 Å². The first-order valence-electron chi connectivity index (χ1n) is 4.25. The van der Waals surface area contributed by atoms with Gasteiger partial charge in [0.15, 0.2) is 0 Å². The number of ether oxygens (including phenoxy) is 1. The van der Waals surface area contributed by atoms with E-state index in [2.05, 4.69) is 15.4 Å². The Morgan fingerprint density at radius 2 is 2.08 bits per heavy atom. The lowest BCUT2D eigenvalue weighted by molar-refractivity contribution is -0.139. The van der Waals surface area contributed by atoms with E-state index >= 15 is 0 Å². The van der Waals surface area contributed by atoms with Crippen molar-refractivity contribution in [3.05, 3.63) is 0 Å². The van der Waals surface area contributed by atoms with Crippen LogP contribution in [0.1, 0.15) is 13.3 Å². The molecule has 0 aromatic heterocycles. The number of hydrogen-bond donors (Lipinski definition) is 2. The van der Waals surface area contributed by atoms with E-state index in [1.807, 2.05) is 6.92 Å². The molecule has 5 nitrogen and oxygen atoms in total. The van der Waals surface area contributed by atoms with Gasteiger partial charge in [-0.15, -0.1) is 0 Å². The van der Waals surface area contributed by atoms with Crippen molar-refractivity contribution in [1.29, 1.82) is 0 Å². The number of hydrogen-bond acceptors (Lipinski definition) is 4. The highest BCUT2D eigenvalue weighted by Gasteiger charge is 2.00. The van der Waals surface area contributed by atoms with E-state index in [9.17, 15) is 9.59 Å². The summed E-state index contributed by atoms with van der Waals surface area (Å²) in [6.07, 6.45) is 0.380. The summed E-state index contributed by atoms with van der Waals surface area (Å²) in [5.41, 5.74) is 0. The summed E-state index contributed by atoms with van der Waals surface area (Å²) in [4.78, 5) is 21.5. The molecule has 76 valence electrons. The van der Waals surface area contributed by atoms with Gasteiger partial charge in [-0.05, 0) is 6.92 Å². The van der Waals surface area contributed by atoms with E-state index < -0.39 is 0 Å². The zero-order chi connectivity index (χ0) is 10.1. The Hall–Kier alpha value is -1.10. The van der Waals surface area contributed by atoms with Gasteiger partial charge < -0.3 is 15.4 Å². The number of carbonyl (C=O) groups is 2. The van der Waals surface area contributed by atoms with Gasteiger partial charge in [0.1, 0.15) is 0 Å². The second-order valence-electron chi connectivity index (χ2n) is 2.46. The average Bonchev–Trinajstić information content (AvgIpc) is 2.12. The molecular weight excluding hydrogens is 172 g/mol. The molecule has 13 heavy (non-hydrogen) atoms. The van der Waals surface area contributed by atoms with Crippen molar-refractivity contribution >= 4 is 11.9 Å². The van der Waals surface area contributed by atoms with Crippen LogP contribution in [0, 0.1) is 0 Å². The number of carbonyl (C=O) groups excluding carboxylic acids is 2. The van der Waals surface area contributed by atoms with E-state index in [0.717, 1.165) is 0 Å². The Labute approximate surface area is 77.8 Å². The molecule has 0 spiro atoms. The summed E-state index contributed by atoms with van der Waals surface area (Å²) in [7, 11) is 1.33. The topological polar surface area (TPSA) is 67.4 Å². The summed E-state index contributed by atoms with van der Waals surface area (Å²) >= 11 is 0. The number of amides is 1. The molecule has 5 heteroatoms. The van der Waals surface area contributed by atoms with Gasteiger partial charge >= 0.3 is 5.97 Å². The Balaban J connectivity index is 3.25. The van der Waals surface area contributed by atoms with E-state index in [4.69, 9.17) is 0 Å². The molecule has 1 amide bonds. The first-order valence-corrected chi connectivity index (χ1v) is 4.25. The fourth-order valence-corrected chi connectivity index (χ4v) is 0.750. The molecule has 0 saturated carbocycles. The summed E-state index contributed by atoms with van der Waals surface area (Å²) in [6, 6.07) is 0. The fourth-order valence-electron chi connectivity index (χ4n) is 0.750. The van der Waals surface area contributed by atoms with Crippen molar-refractivity contribution in [2.75, 3.05) is 26.7 Å². The number of rotatable bonds is 6. The Kier molecular flexibility index (Phi) is 6.91. The summed E-state index contributed by atoms with van der Waals surface area (Å²) < 4.78 is 4.40. The number of methoxy groups -OCH3 is 1. The first kappa shape index (κ1) is 11.9. The minimum Gasteiger partial charge on any atom is -0.468 e. The van der Waals surface area contributed by atoms with Crippen LogP contribution in [0.4, 0.5) is 0 Å². The van der Waals surface area contributed by atoms with Crippen LogP contribution in [0.25, 0.3) is 0 Å². The molecule has 0 unspecified atom stereocenters. The lowest BCUT2D eigenvalue weighted by atomic mass is 10.4. The second-order valence-corrected chi connectivity index (χ2v) is 2.46. The lowest BCUT2D eigenvalue weighted by Gasteiger charge is -2.03. The highest BCUT2D eigenvalue weighted by atomic mass is 16.5. The van der Waals surface area contributed by atoms with Gasteiger partial charge in [0.2, 0.25) is 5.91 Å².